The van der Waals surface area contributed by atoms with Crippen molar-refractivity contribution in [2.45, 2.75) is 57.8 Å². The summed E-state index contributed by atoms with van der Waals surface area (Å²) in [6.07, 6.45) is 4.09. The number of ether oxygens (including phenoxy) is 2. The van der Waals surface area contributed by atoms with Crippen LogP contribution in [-0.4, -0.2) is 91.8 Å². The molecule has 1 unspecified atom stereocenters. The Hall–Kier alpha value is -2.65. The first-order valence-corrected chi connectivity index (χ1v) is 13.0. The van der Waals surface area contributed by atoms with Gasteiger partial charge in [-0.25, -0.2) is 0 Å². The molecule has 3 amide bonds. The second-order valence-electron chi connectivity index (χ2n) is 9.80. The molecule has 0 bridgehead atoms. The van der Waals surface area contributed by atoms with Crippen LogP contribution in [-0.2, 0) is 19.1 Å². The van der Waals surface area contributed by atoms with Crippen LogP contribution in [0.1, 0.15) is 56.3 Å². The fourth-order valence-electron chi connectivity index (χ4n) is 5.87. The van der Waals surface area contributed by atoms with Crippen LogP contribution in [0.5, 0.6) is 0 Å². The van der Waals surface area contributed by atoms with Crippen molar-refractivity contribution < 1.29 is 23.9 Å². The second kappa shape index (κ2) is 9.78. The van der Waals surface area contributed by atoms with E-state index in [1.54, 1.807) is 20.8 Å². The summed E-state index contributed by atoms with van der Waals surface area (Å²) in [6, 6.07) is 5.36. The minimum atomic E-state index is -0.549. The molecule has 4 heterocycles. The highest BCUT2D eigenvalue weighted by atomic mass is 16.7. The number of hydrogen-bond acceptors (Lipinski definition) is 6. The van der Waals surface area contributed by atoms with Crippen molar-refractivity contribution in [3.63, 3.8) is 0 Å². The number of nitrogens with zero attached hydrogens (tertiary/aromatic N) is 4. The van der Waals surface area contributed by atoms with Crippen molar-refractivity contribution >= 4 is 29.1 Å². The Morgan fingerprint density at radius 3 is 2.43 bits per heavy atom. The van der Waals surface area contributed by atoms with Gasteiger partial charge in [-0.05, 0) is 51.3 Å². The molecule has 0 N–H and O–H groups in total. The summed E-state index contributed by atoms with van der Waals surface area (Å²) >= 11 is 0. The number of likely N-dealkylation sites (tertiary alicyclic amines) is 1. The van der Waals surface area contributed by atoms with E-state index in [-0.39, 0.29) is 30.3 Å². The van der Waals surface area contributed by atoms with Crippen LogP contribution in [0.25, 0.3) is 0 Å². The molecule has 1 aromatic carbocycles. The summed E-state index contributed by atoms with van der Waals surface area (Å²) in [6.45, 7) is 8.22. The van der Waals surface area contributed by atoms with Crippen LogP contribution in [0.4, 0.5) is 11.4 Å². The molecule has 0 aromatic heterocycles. The van der Waals surface area contributed by atoms with E-state index in [9.17, 15) is 14.4 Å². The predicted octanol–water partition coefficient (Wildman–Crippen LogP) is 2.24. The summed E-state index contributed by atoms with van der Waals surface area (Å²) in [5.41, 5.74) is 2.14. The van der Waals surface area contributed by atoms with Gasteiger partial charge >= 0.3 is 0 Å². The maximum atomic E-state index is 13.7. The average molecular weight is 485 g/mol. The van der Waals surface area contributed by atoms with Gasteiger partial charge in [0.2, 0.25) is 11.8 Å². The number of carbonyl (C=O) groups is 3. The molecule has 35 heavy (non-hydrogen) atoms. The molecular formula is C26H36N4O5. The third-order valence-electron chi connectivity index (χ3n) is 7.91. The first-order chi connectivity index (χ1) is 17.0. The molecule has 0 saturated carbocycles. The van der Waals surface area contributed by atoms with Gasteiger partial charge in [0, 0.05) is 51.1 Å². The Balaban J connectivity index is 1.40. The maximum absolute atomic E-state index is 13.7. The van der Waals surface area contributed by atoms with Crippen LogP contribution in [0.3, 0.4) is 0 Å². The van der Waals surface area contributed by atoms with E-state index in [2.05, 4.69) is 4.90 Å². The highest BCUT2D eigenvalue weighted by molar-refractivity contribution is 6.09. The van der Waals surface area contributed by atoms with Crippen molar-refractivity contribution in [1.29, 1.82) is 0 Å². The molecule has 1 atom stereocenters. The van der Waals surface area contributed by atoms with Gasteiger partial charge in [-0.1, -0.05) is 0 Å². The summed E-state index contributed by atoms with van der Waals surface area (Å²) < 4.78 is 11.6. The van der Waals surface area contributed by atoms with E-state index in [4.69, 9.17) is 9.47 Å². The summed E-state index contributed by atoms with van der Waals surface area (Å²) in [7, 11) is 0. The molecule has 1 spiro atoms. The Kier molecular flexibility index (Phi) is 6.72. The first-order valence-electron chi connectivity index (χ1n) is 13.0. The van der Waals surface area contributed by atoms with Gasteiger partial charge in [0.05, 0.1) is 24.6 Å². The normalized spacial score (nSPS) is 23.3. The summed E-state index contributed by atoms with van der Waals surface area (Å²) in [5.74, 6) is -0.738. The Morgan fingerprint density at radius 2 is 1.74 bits per heavy atom. The molecule has 3 saturated heterocycles. The molecule has 5 rings (SSSR count). The lowest BCUT2D eigenvalue weighted by Gasteiger charge is -2.46. The van der Waals surface area contributed by atoms with Gasteiger partial charge in [0.1, 0.15) is 12.6 Å². The Labute approximate surface area is 206 Å². The summed E-state index contributed by atoms with van der Waals surface area (Å²) in [4.78, 5) is 47.4. The van der Waals surface area contributed by atoms with Gasteiger partial charge in [0.25, 0.3) is 5.91 Å². The molecular weight excluding hydrogens is 448 g/mol. The zero-order valence-corrected chi connectivity index (χ0v) is 20.8. The van der Waals surface area contributed by atoms with Crippen LogP contribution in [0, 0.1) is 0 Å². The maximum Gasteiger partial charge on any atom is 0.253 e. The van der Waals surface area contributed by atoms with Gasteiger partial charge in [-0.2, -0.15) is 0 Å². The third kappa shape index (κ3) is 4.40. The largest absolute Gasteiger partial charge is 0.358 e. The fraction of sp³-hybridized carbons (Fsp3) is 0.654. The van der Waals surface area contributed by atoms with Crippen LogP contribution in [0.2, 0.25) is 0 Å². The van der Waals surface area contributed by atoms with Crippen molar-refractivity contribution in [2.24, 2.45) is 0 Å². The second-order valence-corrected chi connectivity index (χ2v) is 9.80. The number of fused-ring (bicyclic) bond motifs is 3. The van der Waals surface area contributed by atoms with Gasteiger partial charge < -0.3 is 24.2 Å². The number of hydrogen-bond donors (Lipinski definition) is 0. The number of benzene rings is 1. The lowest BCUT2D eigenvalue weighted by molar-refractivity contribution is -0.187. The predicted molar refractivity (Wildman–Crippen MR) is 131 cm³/mol. The van der Waals surface area contributed by atoms with Crippen molar-refractivity contribution in [3.05, 3.63) is 23.8 Å². The molecule has 9 nitrogen and oxygen atoms in total. The van der Waals surface area contributed by atoms with E-state index < -0.39 is 5.79 Å². The molecule has 9 heteroatoms. The first kappa shape index (κ1) is 24.1. The minimum Gasteiger partial charge on any atom is -0.358 e. The van der Waals surface area contributed by atoms with Crippen LogP contribution >= 0.6 is 0 Å². The van der Waals surface area contributed by atoms with Crippen LogP contribution < -0.4 is 9.80 Å². The monoisotopic (exact) mass is 484 g/mol. The van der Waals surface area contributed by atoms with E-state index in [0.29, 0.717) is 63.5 Å². The highest BCUT2D eigenvalue weighted by Gasteiger charge is 2.43. The molecule has 0 radical (unpaired) electrons. The number of anilines is 2. The molecule has 4 aliphatic rings. The van der Waals surface area contributed by atoms with Crippen molar-refractivity contribution in [3.8, 4) is 0 Å². The van der Waals surface area contributed by atoms with Gasteiger partial charge in [0.15, 0.2) is 5.79 Å². The van der Waals surface area contributed by atoms with Gasteiger partial charge in [-0.15, -0.1) is 0 Å². The number of carbonyl (C=O) groups excluding carboxylic acids is 3. The minimum absolute atomic E-state index is 0.0200. The lowest BCUT2D eigenvalue weighted by Crippen LogP contribution is -2.58. The molecule has 1 aromatic rings. The quantitative estimate of drug-likeness (QED) is 0.638. The number of piperidine rings is 2. The van der Waals surface area contributed by atoms with E-state index >= 15 is 0 Å². The number of rotatable bonds is 5. The molecule has 3 fully saturated rings. The number of amides is 3. The Morgan fingerprint density at radius 1 is 1.03 bits per heavy atom. The van der Waals surface area contributed by atoms with Gasteiger partial charge in [-0.3, -0.25) is 19.3 Å². The molecule has 4 aliphatic heterocycles. The SMILES string of the molecule is CCN(CC)C(=O)c1ccc2c(c1)N(CC(=O)N1CCC3(CC1)OCCO3)C(=O)C1CCCCN21. The molecule has 0 aliphatic carbocycles. The van der Waals surface area contributed by atoms with Crippen LogP contribution in [0.15, 0.2) is 18.2 Å². The topological polar surface area (TPSA) is 82.6 Å². The smallest absolute Gasteiger partial charge is 0.253 e. The zero-order chi connectivity index (χ0) is 24.6. The van der Waals surface area contributed by atoms with E-state index in [1.165, 1.54) is 0 Å². The third-order valence-corrected chi connectivity index (χ3v) is 7.91. The summed E-state index contributed by atoms with van der Waals surface area (Å²) in [5, 5.41) is 0. The zero-order valence-electron chi connectivity index (χ0n) is 20.8. The van der Waals surface area contributed by atoms with E-state index in [1.807, 2.05) is 26.0 Å². The average Bonchev–Trinajstić information content (AvgIpc) is 3.34. The standard InChI is InChI=1S/C26H36N4O5/c1-3-27(4-2)24(32)19-8-9-20-22(17-19)30(25(33)21-7-5-6-12-29(20)21)18-23(31)28-13-10-26(11-14-28)34-15-16-35-26/h8-9,17,21H,3-7,10-16,18H2,1-2H3. The Bertz CT molecular complexity index is 978. The van der Waals surface area contributed by atoms with Crippen molar-refractivity contribution in [2.75, 3.05) is 62.3 Å². The fourth-order valence-corrected chi connectivity index (χ4v) is 5.87. The van der Waals surface area contributed by atoms with Crippen molar-refractivity contribution in [1.82, 2.24) is 9.80 Å². The molecule has 190 valence electrons. The highest BCUT2D eigenvalue weighted by Crippen LogP contribution is 2.40. The van der Waals surface area contributed by atoms with E-state index in [0.717, 1.165) is 31.5 Å². The lowest BCUT2D eigenvalue weighted by atomic mass is 9.95.